The normalized spacial score (nSPS) is 15.3. The summed E-state index contributed by atoms with van der Waals surface area (Å²) in [6, 6.07) is 16.7. The van der Waals surface area contributed by atoms with Crippen LogP contribution in [-0.4, -0.2) is 55.1 Å². The first-order chi connectivity index (χ1) is 18.4. The number of hydrogen-bond acceptors (Lipinski definition) is 5. The minimum Gasteiger partial charge on any atom is -0.387 e. The molecular formula is C29H29FN4O3S. The van der Waals surface area contributed by atoms with Crippen LogP contribution in [0.4, 0.5) is 4.39 Å². The van der Waals surface area contributed by atoms with Crippen molar-refractivity contribution in [3.8, 4) is 22.4 Å². The fourth-order valence-electron chi connectivity index (χ4n) is 4.80. The molecule has 1 unspecified atom stereocenters. The SMILES string of the molecule is CNS(=O)(=O)c1ccc(C(O)CN2CC=C(c3c[nH]c(-c4ccc(F)cc4)c3-c3ccncc3)CC2)cc1. The minimum atomic E-state index is -3.51. The Hall–Kier alpha value is -3.63. The second-order valence-corrected chi connectivity index (χ2v) is 11.1. The van der Waals surface area contributed by atoms with Crippen molar-refractivity contribution < 1.29 is 17.9 Å². The first-order valence-corrected chi connectivity index (χ1v) is 13.8. The molecule has 3 N–H and O–H groups in total. The Morgan fingerprint density at radius 3 is 2.39 bits per heavy atom. The van der Waals surface area contributed by atoms with Gasteiger partial charge in [-0.05, 0) is 84.3 Å². The number of β-amino-alcohol motifs (C(OH)–C–C–N with tert-alkyl or cyclic N) is 1. The maximum Gasteiger partial charge on any atom is 0.240 e. The standard InChI is InChI=1S/C29H29FN4O3S/c1-31-38(36,37)25-8-4-21(5-9-25)27(35)19-34-16-12-20(13-17-34)26-18-33-29(23-2-6-24(30)7-3-23)28(26)22-10-14-32-15-11-22/h2-12,14-15,18,27,31,33,35H,13,16-17,19H2,1H3. The molecule has 2 aromatic heterocycles. The van der Waals surface area contributed by atoms with Gasteiger partial charge in [0.15, 0.2) is 0 Å². The van der Waals surface area contributed by atoms with E-state index in [-0.39, 0.29) is 10.7 Å². The van der Waals surface area contributed by atoms with E-state index in [4.69, 9.17) is 0 Å². The number of sulfonamides is 1. The predicted molar refractivity (Wildman–Crippen MR) is 146 cm³/mol. The van der Waals surface area contributed by atoms with Gasteiger partial charge in [-0.15, -0.1) is 0 Å². The number of aromatic amines is 1. The van der Waals surface area contributed by atoms with Gasteiger partial charge in [-0.3, -0.25) is 9.88 Å². The average Bonchev–Trinajstić information content (AvgIpc) is 3.39. The zero-order valence-electron chi connectivity index (χ0n) is 20.9. The van der Waals surface area contributed by atoms with Crippen LogP contribution in [-0.2, 0) is 10.0 Å². The second-order valence-electron chi connectivity index (χ2n) is 9.23. The van der Waals surface area contributed by atoms with E-state index in [9.17, 15) is 17.9 Å². The van der Waals surface area contributed by atoms with Crippen molar-refractivity contribution in [1.29, 1.82) is 0 Å². The molecule has 7 nitrogen and oxygen atoms in total. The summed E-state index contributed by atoms with van der Waals surface area (Å²) >= 11 is 0. The first-order valence-electron chi connectivity index (χ1n) is 12.4. The van der Waals surface area contributed by atoms with E-state index < -0.39 is 16.1 Å². The Labute approximate surface area is 221 Å². The molecule has 1 atom stereocenters. The van der Waals surface area contributed by atoms with Gasteiger partial charge in [0.1, 0.15) is 5.82 Å². The molecule has 38 heavy (non-hydrogen) atoms. The van der Waals surface area contributed by atoms with Crippen LogP contribution in [0.2, 0.25) is 0 Å². The number of H-pyrrole nitrogens is 1. The molecule has 0 saturated heterocycles. The zero-order chi connectivity index (χ0) is 26.7. The van der Waals surface area contributed by atoms with Crippen LogP contribution in [0, 0.1) is 5.82 Å². The Kier molecular flexibility index (Phi) is 7.53. The number of hydrogen-bond donors (Lipinski definition) is 3. The lowest BCUT2D eigenvalue weighted by Crippen LogP contribution is -2.32. The average molecular weight is 533 g/mol. The number of aliphatic hydroxyl groups is 1. The first kappa shape index (κ1) is 26.0. The monoisotopic (exact) mass is 532 g/mol. The molecular weight excluding hydrogens is 503 g/mol. The van der Waals surface area contributed by atoms with Crippen molar-refractivity contribution in [3.05, 3.63) is 102 Å². The van der Waals surface area contributed by atoms with E-state index in [2.05, 4.69) is 25.7 Å². The Morgan fingerprint density at radius 2 is 1.76 bits per heavy atom. The van der Waals surface area contributed by atoms with Gasteiger partial charge in [0, 0.05) is 49.4 Å². The third kappa shape index (κ3) is 5.46. The molecule has 196 valence electrons. The molecule has 9 heteroatoms. The number of benzene rings is 2. The number of rotatable bonds is 8. The summed E-state index contributed by atoms with van der Waals surface area (Å²) in [5.41, 5.74) is 6.87. The van der Waals surface area contributed by atoms with Gasteiger partial charge >= 0.3 is 0 Å². The molecule has 0 fully saturated rings. The molecule has 1 aliphatic heterocycles. The van der Waals surface area contributed by atoms with E-state index >= 15 is 0 Å². The minimum absolute atomic E-state index is 0.165. The van der Waals surface area contributed by atoms with Crippen LogP contribution in [0.25, 0.3) is 28.0 Å². The Bertz CT molecular complexity index is 1530. The molecule has 0 radical (unpaired) electrons. The number of pyridine rings is 1. The number of aromatic nitrogens is 2. The number of halogens is 1. The lowest BCUT2D eigenvalue weighted by molar-refractivity contribution is 0.119. The van der Waals surface area contributed by atoms with Gasteiger partial charge in [0.2, 0.25) is 10.0 Å². The quantitative estimate of drug-likeness (QED) is 0.308. The summed E-state index contributed by atoms with van der Waals surface area (Å²) in [7, 11) is -2.15. The maximum absolute atomic E-state index is 13.6. The van der Waals surface area contributed by atoms with E-state index in [0.29, 0.717) is 18.7 Å². The summed E-state index contributed by atoms with van der Waals surface area (Å²) in [4.78, 5) is 9.90. The zero-order valence-corrected chi connectivity index (χ0v) is 21.7. The van der Waals surface area contributed by atoms with Crippen LogP contribution in [0.1, 0.15) is 23.7 Å². The van der Waals surface area contributed by atoms with E-state index in [1.165, 1.54) is 36.9 Å². The fourth-order valence-corrected chi connectivity index (χ4v) is 5.53. The highest BCUT2D eigenvalue weighted by atomic mass is 32.2. The smallest absolute Gasteiger partial charge is 0.240 e. The number of aliphatic hydroxyl groups excluding tert-OH is 1. The summed E-state index contributed by atoms with van der Waals surface area (Å²) in [5, 5.41) is 10.8. The van der Waals surface area contributed by atoms with Crippen LogP contribution >= 0.6 is 0 Å². The molecule has 5 rings (SSSR count). The van der Waals surface area contributed by atoms with Crippen molar-refractivity contribution in [1.82, 2.24) is 19.6 Å². The van der Waals surface area contributed by atoms with Crippen LogP contribution in [0.15, 0.2) is 90.2 Å². The van der Waals surface area contributed by atoms with Gasteiger partial charge < -0.3 is 10.1 Å². The Balaban J connectivity index is 1.35. The molecule has 4 aromatic rings. The van der Waals surface area contributed by atoms with Crippen molar-refractivity contribution >= 4 is 15.6 Å². The highest BCUT2D eigenvalue weighted by Gasteiger charge is 2.22. The van der Waals surface area contributed by atoms with Gasteiger partial charge in [0.05, 0.1) is 16.7 Å². The number of nitrogens with zero attached hydrogens (tertiary/aromatic N) is 2. The molecule has 0 saturated carbocycles. The number of nitrogens with one attached hydrogen (secondary N) is 2. The molecule has 0 aliphatic carbocycles. The highest BCUT2D eigenvalue weighted by molar-refractivity contribution is 7.89. The largest absolute Gasteiger partial charge is 0.387 e. The van der Waals surface area contributed by atoms with Gasteiger partial charge in [-0.2, -0.15) is 0 Å². The summed E-state index contributed by atoms with van der Waals surface area (Å²) in [6.45, 7) is 1.88. The van der Waals surface area contributed by atoms with Gasteiger partial charge in [-0.25, -0.2) is 17.5 Å². The summed E-state index contributed by atoms with van der Waals surface area (Å²) in [5.74, 6) is -0.276. The maximum atomic E-state index is 13.6. The summed E-state index contributed by atoms with van der Waals surface area (Å²) < 4.78 is 39.7. The molecule has 3 heterocycles. The van der Waals surface area contributed by atoms with Crippen molar-refractivity contribution in [2.24, 2.45) is 0 Å². The lowest BCUT2D eigenvalue weighted by Gasteiger charge is -2.28. The van der Waals surface area contributed by atoms with Crippen molar-refractivity contribution in [2.75, 3.05) is 26.7 Å². The van der Waals surface area contributed by atoms with Crippen LogP contribution in [0.5, 0.6) is 0 Å². The van der Waals surface area contributed by atoms with Gasteiger partial charge in [0.25, 0.3) is 0 Å². The molecule has 0 bridgehead atoms. The molecule has 1 aliphatic rings. The van der Waals surface area contributed by atoms with E-state index in [1.54, 1.807) is 36.7 Å². The highest BCUT2D eigenvalue weighted by Crippen LogP contribution is 2.39. The van der Waals surface area contributed by atoms with Crippen molar-refractivity contribution in [3.63, 3.8) is 0 Å². The van der Waals surface area contributed by atoms with Crippen molar-refractivity contribution in [2.45, 2.75) is 17.4 Å². The van der Waals surface area contributed by atoms with Crippen LogP contribution in [0.3, 0.4) is 0 Å². The third-order valence-electron chi connectivity index (χ3n) is 6.90. The molecule has 0 spiro atoms. The van der Waals surface area contributed by atoms with E-state index in [0.717, 1.165) is 40.9 Å². The van der Waals surface area contributed by atoms with E-state index in [1.807, 2.05) is 18.3 Å². The fraction of sp³-hybridized carbons (Fsp3) is 0.207. The molecule has 0 amide bonds. The third-order valence-corrected chi connectivity index (χ3v) is 8.33. The lowest BCUT2D eigenvalue weighted by atomic mass is 9.92. The van der Waals surface area contributed by atoms with Gasteiger partial charge in [-0.1, -0.05) is 18.2 Å². The topological polar surface area (TPSA) is 98.3 Å². The Morgan fingerprint density at radius 1 is 1.05 bits per heavy atom. The summed E-state index contributed by atoms with van der Waals surface area (Å²) in [6.07, 6.45) is 7.78. The predicted octanol–water partition coefficient (Wildman–Crippen LogP) is 4.61. The van der Waals surface area contributed by atoms with Crippen LogP contribution < -0.4 is 4.72 Å². The second kappa shape index (κ2) is 11.0. The molecule has 2 aromatic carbocycles.